The molecule has 0 unspecified atom stereocenters. The second-order valence-corrected chi connectivity index (χ2v) is 4.00. The zero-order valence-electron chi connectivity index (χ0n) is 9.78. The summed E-state index contributed by atoms with van der Waals surface area (Å²) in [6.45, 7) is 1.84. The monoisotopic (exact) mass is 251 g/mol. The van der Waals surface area contributed by atoms with Crippen LogP contribution in [0.15, 0.2) is 54.9 Å². The van der Waals surface area contributed by atoms with E-state index in [1.807, 2.05) is 6.92 Å². The number of hydrogen-bond acceptors (Lipinski definition) is 0. The number of nitrogens with zero attached hydrogens (tertiary/aromatic N) is 1. The van der Waals surface area contributed by atoms with Crippen LogP contribution in [0.25, 0.3) is 0 Å². The summed E-state index contributed by atoms with van der Waals surface area (Å²) in [4.78, 5) is 0. The lowest BCUT2D eigenvalue weighted by molar-refractivity contribution is -0.672. The van der Waals surface area contributed by atoms with Crippen molar-refractivity contribution in [3.05, 3.63) is 72.0 Å². The van der Waals surface area contributed by atoms with Crippen LogP contribution < -0.4 is 4.57 Å². The molecule has 1 heterocycles. The molecular weight excluding hydrogens is 239 g/mol. The fourth-order valence-electron chi connectivity index (χ4n) is 1.72. The van der Waals surface area contributed by atoms with Crippen LogP contribution in [0, 0.1) is 13.0 Å². The molecule has 0 spiro atoms. The van der Waals surface area contributed by atoms with Crippen molar-refractivity contribution >= 4 is 0 Å². The Bertz CT molecular complexity index is 503. The molecule has 2 rings (SSSR count). The van der Waals surface area contributed by atoms with Gasteiger partial charge in [-0.3, -0.25) is 4.57 Å². The Morgan fingerprint density at radius 1 is 0.944 bits per heavy atom. The van der Waals surface area contributed by atoms with Crippen molar-refractivity contribution in [2.24, 2.45) is 0 Å². The van der Waals surface area contributed by atoms with E-state index in [0.717, 1.165) is 10.1 Å². The van der Waals surface area contributed by atoms with Crippen molar-refractivity contribution in [3.8, 4) is 0 Å². The van der Waals surface area contributed by atoms with Crippen molar-refractivity contribution in [1.29, 1.82) is 0 Å². The number of benzene rings is 1. The number of aryl methyl sites for hydroxylation is 1. The molecule has 4 heteroatoms. The maximum atomic E-state index is 13.1. The molecule has 2 aromatic rings. The molecule has 1 nitrogen and oxygen atoms in total. The van der Waals surface area contributed by atoms with E-state index < -0.39 is 12.2 Å². The van der Waals surface area contributed by atoms with Crippen LogP contribution in [0.5, 0.6) is 0 Å². The molecule has 0 aliphatic heterocycles. The summed E-state index contributed by atoms with van der Waals surface area (Å²) in [5, 5.41) is 0. The lowest BCUT2D eigenvalue weighted by atomic mass is 10.0. The van der Waals surface area contributed by atoms with Crippen molar-refractivity contribution in [2.45, 2.75) is 13.1 Å². The minimum absolute atomic E-state index is 0.157. The Hall–Kier alpha value is -1.97. The van der Waals surface area contributed by atoms with E-state index in [2.05, 4.69) is 0 Å². The number of hydrogen-bond donors (Lipinski definition) is 0. The molecule has 0 fully saturated rings. The van der Waals surface area contributed by atoms with Gasteiger partial charge in [-0.25, -0.2) is 0 Å². The second kappa shape index (κ2) is 4.72. The molecule has 0 saturated carbocycles. The molecular formula is C14H12F3N. The molecule has 0 amide bonds. The zero-order valence-corrected chi connectivity index (χ0v) is 9.78. The molecule has 1 aromatic carbocycles. The van der Waals surface area contributed by atoms with Gasteiger partial charge in [0.1, 0.15) is 12.4 Å². The van der Waals surface area contributed by atoms with Gasteiger partial charge in [-0.05, 0) is 24.6 Å². The first-order chi connectivity index (χ1) is 8.48. The Labute approximate surface area is 104 Å². The third kappa shape index (κ3) is 2.64. The SMILES string of the molecule is Cc1ccc([C-]([n+]2ccccc2)C(F)(F)F)cc1. The van der Waals surface area contributed by atoms with Crippen molar-refractivity contribution in [2.75, 3.05) is 0 Å². The highest BCUT2D eigenvalue weighted by Crippen LogP contribution is 2.31. The predicted octanol–water partition coefficient (Wildman–Crippen LogP) is 3.27. The molecule has 0 aliphatic rings. The average Bonchev–Trinajstić information content (AvgIpc) is 2.32. The first-order valence-corrected chi connectivity index (χ1v) is 5.46. The van der Waals surface area contributed by atoms with Crippen molar-refractivity contribution in [3.63, 3.8) is 0 Å². The van der Waals surface area contributed by atoms with Crippen molar-refractivity contribution < 1.29 is 17.7 Å². The standard InChI is InChI=1S/C14H12F3N/c1-11-5-7-12(8-6-11)13(14(15,16)17)18-9-3-2-4-10-18/h2-10H,1H3. The first kappa shape index (κ1) is 12.5. The van der Waals surface area contributed by atoms with E-state index in [-0.39, 0.29) is 5.56 Å². The molecule has 0 aliphatic carbocycles. The molecule has 1 aromatic heterocycles. The summed E-state index contributed by atoms with van der Waals surface area (Å²) in [6.07, 6.45) is -1.62. The number of rotatable bonds is 2. The van der Waals surface area contributed by atoms with Crippen LogP contribution in [0.1, 0.15) is 11.1 Å². The lowest BCUT2D eigenvalue weighted by Crippen LogP contribution is -2.48. The topological polar surface area (TPSA) is 3.88 Å². The zero-order chi connectivity index (χ0) is 13.2. The Morgan fingerprint density at radius 3 is 2.00 bits per heavy atom. The van der Waals surface area contributed by atoms with E-state index in [9.17, 15) is 13.2 Å². The van der Waals surface area contributed by atoms with E-state index >= 15 is 0 Å². The predicted molar refractivity (Wildman–Crippen MR) is 61.6 cm³/mol. The third-order valence-electron chi connectivity index (χ3n) is 2.57. The van der Waals surface area contributed by atoms with E-state index in [4.69, 9.17) is 0 Å². The van der Waals surface area contributed by atoms with Gasteiger partial charge in [0, 0.05) is 0 Å². The summed E-state index contributed by atoms with van der Waals surface area (Å²) < 4.78 is 40.5. The molecule has 18 heavy (non-hydrogen) atoms. The van der Waals surface area contributed by atoms with Crippen LogP contribution in [0.2, 0.25) is 0 Å². The van der Waals surface area contributed by atoms with Crippen LogP contribution in [0.3, 0.4) is 0 Å². The Balaban J connectivity index is 2.47. The van der Waals surface area contributed by atoms with E-state index in [0.29, 0.717) is 0 Å². The molecule has 0 radical (unpaired) electrons. The lowest BCUT2D eigenvalue weighted by Gasteiger charge is -2.20. The molecule has 94 valence electrons. The van der Waals surface area contributed by atoms with Crippen LogP contribution >= 0.6 is 0 Å². The second-order valence-electron chi connectivity index (χ2n) is 4.00. The van der Waals surface area contributed by atoms with Gasteiger partial charge >= 0.3 is 6.18 Å². The maximum absolute atomic E-state index is 13.1. The van der Waals surface area contributed by atoms with E-state index in [1.54, 1.807) is 30.3 Å². The van der Waals surface area contributed by atoms with Gasteiger partial charge in [-0.1, -0.05) is 23.8 Å². The van der Waals surface area contributed by atoms with Gasteiger partial charge in [0.15, 0.2) is 0 Å². The van der Waals surface area contributed by atoms with Gasteiger partial charge in [0.05, 0.1) is 0 Å². The summed E-state index contributed by atoms with van der Waals surface area (Å²) in [5.41, 5.74) is 1.09. The number of pyridine rings is 1. The van der Waals surface area contributed by atoms with Gasteiger partial charge in [0.2, 0.25) is 6.04 Å². The summed E-state index contributed by atoms with van der Waals surface area (Å²) in [5.74, 6) is 0. The van der Waals surface area contributed by atoms with Gasteiger partial charge in [-0.15, -0.1) is 12.1 Å². The van der Waals surface area contributed by atoms with E-state index in [1.165, 1.54) is 24.5 Å². The highest BCUT2D eigenvalue weighted by molar-refractivity contribution is 5.31. The molecule has 0 saturated heterocycles. The minimum Gasteiger partial charge on any atom is -0.260 e. The largest absolute Gasteiger partial charge is 0.445 e. The Morgan fingerprint density at radius 2 is 1.50 bits per heavy atom. The fourth-order valence-corrected chi connectivity index (χ4v) is 1.72. The molecule has 0 atom stereocenters. The van der Waals surface area contributed by atoms with Gasteiger partial charge < -0.3 is 0 Å². The van der Waals surface area contributed by atoms with Crippen molar-refractivity contribution in [1.82, 2.24) is 0 Å². The maximum Gasteiger partial charge on any atom is 0.445 e. The van der Waals surface area contributed by atoms with Crippen LogP contribution in [0.4, 0.5) is 13.2 Å². The smallest absolute Gasteiger partial charge is 0.260 e. The summed E-state index contributed by atoms with van der Waals surface area (Å²) in [7, 11) is 0. The molecule has 0 N–H and O–H groups in total. The number of alkyl halides is 3. The first-order valence-electron chi connectivity index (χ1n) is 5.46. The summed E-state index contributed by atoms with van der Waals surface area (Å²) in [6, 6.07) is 10.5. The molecule has 0 bridgehead atoms. The minimum atomic E-state index is -4.40. The summed E-state index contributed by atoms with van der Waals surface area (Å²) >= 11 is 0. The van der Waals surface area contributed by atoms with Crippen LogP contribution in [-0.2, 0) is 0 Å². The van der Waals surface area contributed by atoms with Crippen LogP contribution in [-0.4, -0.2) is 6.18 Å². The number of aromatic nitrogens is 1. The average molecular weight is 251 g/mol. The number of halogens is 3. The normalized spacial score (nSPS) is 11.3. The highest BCUT2D eigenvalue weighted by Gasteiger charge is 2.44. The fraction of sp³-hybridized carbons (Fsp3) is 0.143. The highest BCUT2D eigenvalue weighted by atomic mass is 19.4. The van der Waals surface area contributed by atoms with Gasteiger partial charge in [0.25, 0.3) is 0 Å². The third-order valence-corrected chi connectivity index (χ3v) is 2.57. The van der Waals surface area contributed by atoms with Gasteiger partial charge in [-0.2, -0.15) is 13.2 Å². The Kier molecular flexibility index (Phi) is 3.28. The quantitative estimate of drug-likeness (QED) is 0.569.